The molecule has 81 heavy (non-hydrogen) atoms. The number of oxime groups is 1. The molecule has 0 bridgehead atoms. The molecule has 0 unspecified atom stereocenters. The highest BCUT2D eigenvalue weighted by Crippen LogP contribution is 2.42. The second-order valence-electron chi connectivity index (χ2n) is 23.4. The van der Waals surface area contributed by atoms with Crippen LogP contribution in [0.15, 0.2) is 34.3 Å². The van der Waals surface area contributed by atoms with Crippen LogP contribution in [0.1, 0.15) is 117 Å². The summed E-state index contributed by atoms with van der Waals surface area (Å²) in [7, 11) is 10.1. The molecule has 3 aliphatic heterocycles. The number of rotatable bonds is 20. The molecular formula is C57H93N5O19. The first-order chi connectivity index (χ1) is 37.9. The number of fused-ring (bicyclic) bond motifs is 1. The van der Waals surface area contributed by atoms with E-state index in [4.69, 9.17) is 47.5 Å². The number of hydrogen-bond acceptors (Lipinski definition) is 21. The van der Waals surface area contributed by atoms with E-state index in [2.05, 4.69) is 10.5 Å². The van der Waals surface area contributed by atoms with Crippen molar-refractivity contribution in [2.24, 2.45) is 28.8 Å². The van der Waals surface area contributed by atoms with Crippen LogP contribution in [-0.2, 0) is 58.7 Å². The molecule has 24 nitrogen and oxygen atoms in total. The minimum absolute atomic E-state index is 0.0211. The quantitative estimate of drug-likeness (QED) is 0.0476. The lowest BCUT2D eigenvalue weighted by molar-refractivity contribution is -0.317. The van der Waals surface area contributed by atoms with Gasteiger partial charge < -0.3 is 88.2 Å². The molecule has 4 heterocycles. The number of esters is 1. The van der Waals surface area contributed by atoms with E-state index in [9.17, 15) is 44.7 Å². The van der Waals surface area contributed by atoms with Gasteiger partial charge in [0.05, 0.1) is 59.9 Å². The highest BCUT2D eigenvalue weighted by molar-refractivity contribution is 5.93. The molecule has 1 aromatic heterocycles. The third-order valence-corrected chi connectivity index (χ3v) is 16.4. The standard InChI is InChI=1S/C57H93N5O19/c1-17-42-57(10,71)48(65)33(4)44(59-75-30-72-15)31(2)27-55(8,70)49(80-53-46(64)41(60(11)12)25-32(3)76-53)34(5)47(35(6)52(68)78-42)79-43-28-56(9,73-16)50(36(7)77-43)81-54(69)58-22-24-74-23-18-19-37-20-21-40-38(26-37)45(63)39(51(66)67)29-62(40)61(13)14/h20-21,26,29,31-36,41-43,46-50,53,64-65,70-71H,17-19,22-25,27-28,30H2,1-16H3,(H,58,69)(H,66,67)/b59-44+/t31-,32-,33+,34+,35-,36+,41+,42-,43+,46-,47+,48-,49-,50+,53+,55-,56-,57-/m1/s1. The number of benzene rings is 1. The molecule has 0 saturated carbocycles. The van der Waals surface area contributed by atoms with Crippen molar-refractivity contribution in [3.63, 3.8) is 0 Å². The number of carbonyl (C=O) groups excluding carboxylic acids is 2. The Kier molecular flexibility index (Phi) is 23.9. The summed E-state index contributed by atoms with van der Waals surface area (Å²) in [6.07, 6.45) is -8.77. The van der Waals surface area contributed by atoms with Crippen LogP contribution in [0.3, 0.4) is 0 Å². The highest BCUT2D eigenvalue weighted by atomic mass is 16.7. The van der Waals surface area contributed by atoms with Crippen molar-refractivity contribution < 1.29 is 87.4 Å². The number of aromatic nitrogens is 1. The lowest BCUT2D eigenvalue weighted by Gasteiger charge is -2.49. The van der Waals surface area contributed by atoms with Crippen LogP contribution in [0.5, 0.6) is 0 Å². The molecule has 0 radical (unpaired) electrons. The minimum Gasteiger partial charge on any atom is -0.477 e. The molecular weight excluding hydrogens is 1060 g/mol. The Hall–Kier alpha value is -4.57. The van der Waals surface area contributed by atoms with Crippen LogP contribution in [0, 0.1) is 23.7 Å². The normalized spacial score (nSPS) is 36.0. The summed E-state index contributed by atoms with van der Waals surface area (Å²) in [4.78, 5) is 60.2. The molecule has 1 aromatic carbocycles. The van der Waals surface area contributed by atoms with E-state index in [1.807, 2.05) is 32.0 Å². The molecule has 0 aliphatic carbocycles. The molecule has 24 heteroatoms. The number of hydrogen-bond donors (Lipinski definition) is 6. The van der Waals surface area contributed by atoms with Crippen molar-refractivity contribution in [2.45, 2.75) is 192 Å². The largest absolute Gasteiger partial charge is 0.477 e. The molecule has 460 valence electrons. The van der Waals surface area contributed by atoms with Crippen LogP contribution in [0.2, 0.25) is 0 Å². The number of aliphatic hydroxyl groups excluding tert-OH is 2. The SMILES string of the molecule is CC[C@H]1OC(=O)[C@H](C)[C@@H](O[C@H]2C[C@@](C)(OC)[C@@H](OC(=O)NCCOCCCc3ccc4c(c3)c(=O)c(C(=O)O)cn4N(C)C)[C@H](C)O2)[C@H](C)[C@@H](O[C@@H]2O[C@H](C)C[C@H](N(C)C)[C@H]2O)[C@](C)(O)C[C@@H](C)/C(=N\OCOC)[C@H](C)[C@@H](O)[C@]1(C)O. The number of aryl methyl sites for hydroxylation is 1. The molecule has 2 aromatic rings. The predicted molar refractivity (Wildman–Crippen MR) is 298 cm³/mol. The lowest BCUT2D eigenvalue weighted by atomic mass is 9.73. The molecule has 3 aliphatic rings. The number of alkyl carbamates (subject to hydrolysis) is 1. The maximum Gasteiger partial charge on any atom is 0.407 e. The monoisotopic (exact) mass is 1150 g/mol. The van der Waals surface area contributed by atoms with Crippen LogP contribution in [0.25, 0.3) is 10.9 Å². The number of nitrogens with zero attached hydrogens (tertiary/aromatic N) is 4. The first-order valence-corrected chi connectivity index (χ1v) is 28.1. The third kappa shape index (κ3) is 16.2. The number of carboxylic acids is 1. The molecule has 1 amide bonds. The number of ether oxygens (including phenoxy) is 9. The molecule has 3 saturated heterocycles. The Labute approximate surface area is 476 Å². The maximum absolute atomic E-state index is 14.6. The highest BCUT2D eigenvalue weighted by Gasteiger charge is 2.54. The van der Waals surface area contributed by atoms with Crippen molar-refractivity contribution in [3.05, 3.63) is 45.7 Å². The van der Waals surface area contributed by atoms with E-state index >= 15 is 0 Å². The number of cyclic esters (lactones) is 1. The molecule has 5 rings (SSSR count). The number of aromatic carboxylic acids is 1. The first kappa shape index (κ1) is 67.2. The summed E-state index contributed by atoms with van der Waals surface area (Å²) < 4.78 is 57.2. The summed E-state index contributed by atoms with van der Waals surface area (Å²) in [5, 5.41) is 67.5. The minimum atomic E-state index is -2.02. The van der Waals surface area contributed by atoms with Crippen LogP contribution < -0.4 is 15.8 Å². The summed E-state index contributed by atoms with van der Waals surface area (Å²) in [5.74, 6) is -5.75. The third-order valence-electron chi connectivity index (χ3n) is 16.4. The number of nitrogens with one attached hydrogen (secondary N) is 1. The van der Waals surface area contributed by atoms with Gasteiger partial charge in [-0.05, 0) is 105 Å². The van der Waals surface area contributed by atoms with Gasteiger partial charge >= 0.3 is 18.0 Å². The summed E-state index contributed by atoms with van der Waals surface area (Å²) >= 11 is 0. The molecule has 18 atom stereocenters. The number of pyridine rings is 1. The summed E-state index contributed by atoms with van der Waals surface area (Å²) in [6.45, 7) is 17.1. The van der Waals surface area contributed by atoms with Gasteiger partial charge in [-0.15, -0.1) is 0 Å². The van der Waals surface area contributed by atoms with Gasteiger partial charge in [-0.1, -0.05) is 38.9 Å². The van der Waals surface area contributed by atoms with Crippen LogP contribution in [0.4, 0.5) is 4.79 Å². The summed E-state index contributed by atoms with van der Waals surface area (Å²) in [6, 6.07) is 4.99. The number of likely N-dealkylation sites (N-methyl/N-ethyl adjacent to an activating group) is 1. The second kappa shape index (κ2) is 28.8. The lowest BCUT2D eigenvalue weighted by Crippen LogP contribution is -2.61. The van der Waals surface area contributed by atoms with Crippen molar-refractivity contribution in [3.8, 4) is 0 Å². The second-order valence-corrected chi connectivity index (χ2v) is 23.4. The van der Waals surface area contributed by atoms with Gasteiger partial charge in [-0.25, -0.2) is 9.59 Å². The van der Waals surface area contributed by atoms with E-state index in [0.29, 0.717) is 36.8 Å². The van der Waals surface area contributed by atoms with E-state index in [-0.39, 0.29) is 62.6 Å². The van der Waals surface area contributed by atoms with Gasteiger partial charge in [0.15, 0.2) is 18.7 Å². The predicted octanol–water partition coefficient (Wildman–Crippen LogP) is 3.79. The van der Waals surface area contributed by atoms with Gasteiger partial charge in [-0.3, -0.25) is 14.3 Å². The zero-order valence-electron chi connectivity index (χ0n) is 50.3. The first-order valence-electron chi connectivity index (χ1n) is 28.1. The Morgan fingerprint density at radius 1 is 0.926 bits per heavy atom. The van der Waals surface area contributed by atoms with Gasteiger partial charge in [0, 0.05) is 83.3 Å². The van der Waals surface area contributed by atoms with E-state index < -0.39 is 119 Å². The van der Waals surface area contributed by atoms with Crippen molar-refractivity contribution in [1.82, 2.24) is 14.9 Å². The topological polar surface area (TPSA) is 298 Å². The molecule has 3 fully saturated rings. The maximum atomic E-state index is 14.6. The number of carboxylic acid groups (broad SMARTS) is 1. The van der Waals surface area contributed by atoms with E-state index in [1.165, 1.54) is 27.3 Å². The van der Waals surface area contributed by atoms with Gasteiger partial charge in [0.25, 0.3) is 0 Å². The zero-order valence-corrected chi connectivity index (χ0v) is 50.3. The Morgan fingerprint density at radius 3 is 2.23 bits per heavy atom. The molecule has 6 N–H and O–H groups in total. The Bertz CT molecular complexity index is 2490. The van der Waals surface area contributed by atoms with E-state index in [1.54, 1.807) is 91.3 Å². The Morgan fingerprint density at radius 2 is 1.62 bits per heavy atom. The fraction of sp³-hybridized carbons (Fsp3) is 0.772. The Balaban J connectivity index is 1.34. The number of methoxy groups -OCH3 is 2. The number of amides is 1. The van der Waals surface area contributed by atoms with Gasteiger partial charge in [0.1, 0.15) is 29.0 Å². The molecule has 0 spiro atoms. The van der Waals surface area contributed by atoms with Crippen molar-refractivity contribution in [1.29, 1.82) is 0 Å². The van der Waals surface area contributed by atoms with E-state index in [0.717, 1.165) is 5.56 Å². The average molecular weight is 1150 g/mol. The van der Waals surface area contributed by atoms with Gasteiger partial charge in [-0.2, -0.15) is 0 Å². The van der Waals surface area contributed by atoms with Crippen LogP contribution in [-0.4, -0.2) is 212 Å². The zero-order chi connectivity index (χ0) is 60.5. The van der Waals surface area contributed by atoms with Crippen LogP contribution >= 0.6 is 0 Å². The van der Waals surface area contributed by atoms with Crippen molar-refractivity contribution >= 4 is 34.6 Å². The smallest absolute Gasteiger partial charge is 0.407 e. The fourth-order valence-corrected chi connectivity index (χ4v) is 11.8. The average Bonchev–Trinajstić information content (AvgIpc) is 3.40. The summed E-state index contributed by atoms with van der Waals surface area (Å²) in [5.41, 5.74) is -4.28. The van der Waals surface area contributed by atoms with Crippen molar-refractivity contribution in [2.75, 3.05) is 74.0 Å². The fourth-order valence-electron chi connectivity index (χ4n) is 11.8. The number of aliphatic hydroxyl groups is 4. The number of carbonyl (C=O) groups is 3. The van der Waals surface area contributed by atoms with Gasteiger partial charge in [0.2, 0.25) is 12.2 Å².